The van der Waals surface area contributed by atoms with E-state index in [1.54, 1.807) is 44.4 Å². The van der Waals surface area contributed by atoms with Crippen molar-refractivity contribution < 1.29 is 14.3 Å². The predicted octanol–water partition coefficient (Wildman–Crippen LogP) is 3.02. The van der Waals surface area contributed by atoms with E-state index < -0.39 is 0 Å². The Morgan fingerprint density at radius 2 is 1.68 bits per heavy atom. The van der Waals surface area contributed by atoms with E-state index in [-0.39, 0.29) is 18.4 Å². The molecule has 0 aliphatic carbocycles. The average molecular weight is 381 g/mol. The molecule has 0 aliphatic rings. The third kappa shape index (κ3) is 6.55. The second-order valence-corrected chi connectivity index (χ2v) is 6.74. The zero-order valence-electron chi connectivity index (χ0n) is 16.6. The smallest absolute Gasteiger partial charge is 0.253 e. The lowest BCUT2D eigenvalue weighted by atomic mass is 10.2. The van der Waals surface area contributed by atoms with Crippen LogP contribution in [0.2, 0.25) is 0 Å². The van der Waals surface area contributed by atoms with Gasteiger partial charge >= 0.3 is 0 Å². The molecule has 0 heterocycles. The van der Waals surface area contributed by atoms with Crippen LogP contribution in [0, 0.1) is 0 Å². The minimum absolute atomic E-state index is 0.0708. The molecule has 0 aromatic heterocycles. The molecule has 28 heavy (non-hydrogen) atoms. The molecule has 2 rings (SSSR count). The maximum atomic E-state index is 12.3. The van der Waals surface area contributed by atoms with E-state index in [1.807, 2.05) is 36.2 Å². The highest BCUT2D eigenvalue weighted by atomic mass is 16.5. The number of amides is 2. The molecule has 148 valence electrons. The molecule has 0 fully saturated rings. The molecule has 0 unspecified atom stereocenters. The zero-order chi connectivity index (χ0) is 20.5. The summed E-state index contributed by atoms with van der Waals surface area (Å²) in [5, 5.41) is 2.85. The van der Waals surface area contributed by atoms with Gasteiger partial charge in [-0.25, -0.2) is 0 Å². The van der Waals surface area contributed by atoms with Crippen molar-refractivity contribution >= 4 is 17.5 Å². The van der Waals surface area contributed by atoms with Crippen LogP contribution in [0.4, 0.5) is 5.69 Å². The van der Waals surface area contributed by atoms with Crippen molar-refractivity contribution in [1.82, 2.24) is 9.80 Å². The van der Waals surface area contributed by atoms with Crippen molar-refractivity contribution in [2.24, 2.45) is 0 Å². The number of nitrogens with one attached hydrogen (secondary N) is 1. The van der Waals surface area contributed by atoms with Crippen molar-refractivity contribution in [2.75, 3.05) is 39.6 Å². The van der Waals surface area contributed by atoms with Crippen molar-refractivity contribution in [2.45, 2.75) is 6.54 Å². The highest BCUT2D eigenvalue weighted by Gasteiger charge is 2.10. The lowest BCUT2D eigenvalue weighted by Gasteiger charge is -2.17. The van der Waals surface area contributed by atoms with Crippen LogP contribution in [0.25, 0.3) is 0 Å². The third-order valence-electron chi connectivity index (χ3n) is 3.98. The summed E-state index contributed by atoms with van der Waals surface area (Å²) in [6, 6.07) is 14.6. The van der Waals surface area contributed by atoms with Gasteiger partial charge in [0.15, 0.2) is 0 Å². The van der Waals surface area contributed by atoms with Crippen LogP contribution in [0.3, 0.4) is 0 Å². The normalized spacial score (nSPS) is 10.4. The van der Waals surface area contributed by atoms with Crippen LogP contribution in [0.5, 0.6) is 5.75 Å². The Bertz CT molecular complexity index is 799. The van der Waals surface area contributed by atoms with Crippen molar-refractivity contribution in [3.8, 4) is 5.75 Å². The predicted molar refractivity (Wildman–Crippen MR) is 112 cm³/mol. The fourth-order valence-corrected chi connectivity index (χ4v) is 2.61. The largest absolute Gasteiger partial charge is 0.490 e. The summed E-state index contributed by atoms with van der Waals surface area (Å²) in [5.74, 6) is 0.610. The lowest BCUT2D eigenvalue weighted by Crippen LogP contribution is -2.29. The molecule has 0 bridgehead atoms. The van der Waals surface area contributed by atoms with Gasteiger partial charge in [0.05, 0.1) is 6.54 Å². The number of anilines is 1. The number of carbonyl (C=O) groups excluding carboxylic acids is 2. The Morgan fingerprint density at radius 1 is 1.04 bits per heavy atom. The van der Waals surface area contributed by atoms with E-state index in [4.69, 9.17) is 4.74 Å². The Labute approximate surface area is 166 Å². The summed E-state index contributed by atoms with van der Waals surface area (Å²) in [5.41, 5.74) is 2.34. The molecule has 0 radical (unpaired) electrons. The summed E-state index contributed by atoms with van der Waals surface area (Å²) in [6.45, 7) is 5.00. The summed E-state index contributed by atoms with van der Waals surface area (Å²) in [4.78, 5) is 27.6. The Hall–Kier alpha value is -3.12. The number of nitrogens with zero attached hydrogens (tertiary/aromatic N) is 2. The van der Waals surface area contributed by atoms with Crippen LogP contribution < -0.4 is 10.1 Å². The van der Waals surface area contributed by atoms with Gasteiger partial charge in [0.25, 0.3) is 5.91 Å². The van der Waals surface area contributed by atoms with Crippen molar-refractivity contribution in [1.29, 1.82) is 0 Å². The van der Waals surface area contributed by atoms with E-state index in [0.717, 1.165) is 11.3 Å². The van der Waals surface area contributed by atoms with Crippen molar-refractivity contribution in [3.05, 3.63) is 72.3 Å². The molecule has 1 N–H and O–H groups in total. The summed E-state index contributed by atoms with van der Waals surface area (Å²) < 4.78 is 5.46. The fourth-order valence-electron chi connectivity index (χ4n) is 2.61. The van der Waals surface area contributed by atoms with Gasteiger partial charge in [-0.05, 0) is 49.0 Å². The Balaban J connectivity index is 1.83. The van der Waals surface area contributed by atoms with E-state index in [2.05, 4.69) is 11.9 Å². The minimum Gasteiger partial charge on any atom is -0.490 e. The summed E-state index contributed by atoms with van der Waals surface area (Å²) in [6.07, 6.45) is 1.70. The van der Waals surface area contributed by atoms with Crippen LogP contribution in [-0.2, 0) is 11.3 Å². The molecule has 2 amide bonds. The van der Waals surface area contributed by atoms with Gasteiger partial charge in [0, 0.05) is 31.9 Å². The fraction of sp³-hybridized carbons (Fsp3) is 0.273. The first-order valence-corrected chi connectivity index (χ1v) is 9.02. The Kier molecular flexibility index (Phi) is 7.77. The van der Waals surface area contributed by atoms with Crippen molar-refractivity contribution in [3.63, 3.8) is 0 Å². The molecular formula is C22H27N3O3. The van der Waals surface area contributed by atoms with Crippen LogP contribution in [-0.4, -0.2) is 55.9 Å². The minimum atomic E-state index is -0.111. The number of hydrogen-bond donors (Lipinski definition) is 1. The second kappa shape index (κ2) is 10.3. The van der Waals surface area contributed by atoms with Gasteiger partial charge in [-0.2, -0.15) is 0 Å². The average Bonchev–Trinajstić information content (AvgIpc) is 2.67. The van der Waals surface area contributed by atoms with Gasteiger partial charge in [0.1, 0.15) is 12.4 Å². The molecular weight excluding hydrogens is 354 g/mol. The molecule has 2 aromatic carbocycles. The van der Waals surface area contributed by atoms with E-state index >= 15 is 0 Å². The first kappa shape index (κ1) is 21.2. The van der Waals surface area contributed by atoms with Gasteiger partial charge in [-0.15, -0.1) is 0 Å². The second-order valence-electron chi connectivity index (χ2n) is 6.74. The highest BCUT2D eigenvalue weighted by Crippen LogP contribution is 2.14. The number of ether oxygens (including phenoxy) is 1. The van der Waals surface area contributed by atoms with Gasteiger partial charge in [0.2, 0.25) is 5.91 Å². The van der Waals surface area contributed by atoms with Crippen LogP contribution in [0.1, 0.15) is 15.9 Å². The standard InChI is InChI=1S/C22H27N3O3/c1-5-14-28-20-12-6-17(7-13-20)15-25(4)16-21(26)23-19-10-8-18(9-11-19)22(27)24(2)3/h5-13H,1,14-16H2,2-4H3,(H,23,26). The highest BCUT2D eigenvalue weighted by molar-refractivity contribution is 5.95. The molecule has 6 nitrogen and oxygen atoms in total. The number of rotatable bonds is 9. The molecule has 0 saturated heterocycles. The summed E-state index contributed by atoms with van der Waals surface area (Å²) >= 11 is 0. The zero-order valence-corrected chi connectivity index (χ0v) is 16.6. The lowest BCUT2D eigenvalue weighted by molar-refractivity contribution is -0.117. The van der Waals surface area contributed by atoms with E-state index in [9.17, 15) is 9.59 Å². The third-order valence-corrected chi connectivity index (χ3v) is 3.98. The number of likely N-dealkylation sites (N-methyl/N-ethyl adjacent to an activating group) is 1. The molecule has 6 heteroatoms. The number of benzene rings is 2. The maximum absolute atomic E-state index is 12.3. The van der Waals surface area contributed by atoms with Crippen LogP contribution in [0.15, 0.2) is 61.2 Å². The topological polar surface area (TPSA) is 61.9 Å². The van der Waals surface area contributed by atoms with Gasteiger partial charge in [-0.1, -0.05) is 24.8 Å². The molecule has 0 atom stereocenters. The maximum Gasteiger partial charge on any atom is 0.253 e. The summed E-state index contributed by atoms with van der Waals surface area (Å²) in [7, 11) is 5.30. The monoisotopic (exact) mass is 381 g/mol. The first-order valence-electron chi connectivity index (χ1n) is 9.02. The first-order chi connectivity index (χ1) is 13.4. The SMILES string of the molecule is C=CCOc1ccc(CN(C)CC(=O)Nc2ccc(C(=O)N(C)C)cc2)cc1. The van der Waals surface area contributed by atoms with Gasteiger partial charge < -0.3 is 15.0 Å². The molecule has 2 aromatic rings. The number of hydrogen-bond acceptors (Lipinski definition) is 4. The molecule has 0 aliphatic heterocycles. The van der Waals surface area contributed by atoms with E-state index in [1.165, 1.54) is 4.90 Å². The Morgan fingerprint density at radius 3 is 2.25 bits per heavy atom. The number of carbonyl (C=O) groups is 2. The van der Waals surface area contributed by atoms with E-state index in [0.29, 0.717) is 24.4 Å². The van der Waals surface area contributed by atoms with Crippen LogP contribution >= 0.6 is 0 Å². The molecule has 0 saturated carbocycles. The van der Waals surface area contributed by atoms with Gasteiger partial charge in [-0.3, -0.25) is 14.5 Å². The quantitative estimate of drug-likeness (QED) is 0.678. The molecule has 0 spiro atoms.